The topological polar surface area (TPSA) is 37.6 Å². The predicted molar refractivity (Wildman–Crippen MR) is 116 cm³/mol. The van der Waals surface area contributed by atoms with E-state index in [9.17, 15) is 4.79 Å². The number of anilines is 1. The van der Waals surface area contributed by atoms with Crippen LogP contribution in [0.25, 0.3) is 10.9 Å². The molecular weight excluding hydrogens is 346 g/mol. The minimum Gasteiger partial charge on any atom is -0.330 e. The van der Waals surface area contributed by atoms with Gasteiger partial charge in [-0.2, -0.15) is 0 Å². The van der Waals surface area contributed by atoms with Gasteiger partial charge in [-0.25, -0.2) is 0 Å². The molecule has 0 aliphatic carbocycles. The molecule has 0 spiro atoms. The zero-order valence-corrected chi connectivity index (χ0v) is 17.0. The highest BCUT2D eigenvalue weighted by molar-refractivity contribution is 6.12. The maximum Gasteiger partial charge on any atom is 0.253 e. The van der Waals surface area contributed by atoms with Crippen molar-refractivity contribution >= 4 is 28.8 Å². The molecule has 28 heavy (non-hydrogen) atoms. The third-order valence-electron chi connectivity index (χ3n) is 5.87. The van der Waals surface area contributed by atoms with Gasteiger partial charge < -0.3 is 4.57 Å². The number of hydrogen-bond acceptors (Lipinski definition) is 2. The van der Waals surface area contributed by atoms with Crippen LogP contribution in [0, 0.1) is 12.8 Å². The number of fused-ring (bicyclic) bond motifs is 3. The average Bonchev–Trinajstić information content (AvgIpc) is 2.88. The van der Waals surface area contributed by atoms with Crippen LogP contribution in [0.1, 0.15) is 37.0 Å². The zero-order valence-electron chi connectivity index (χ0n) is 17.0. The Morgan fingerprint density at radius 1 is 1.14 bits per heavy atom. The van der Waals surface area contributed by atoms with Crippen molar-refractivity contribution in [3.63, 3.8) is 0 Å². The van der Waals surface area contributed by atoms with Gasteiger partial charge in [-0.05, 0) is 30.5 Å². The summed E-state index contributed by atoms with van der Waals surface area (Å²) in [6, 6.07) is 16.3. The largest absolute Gasteiger partial charge is 0.330 e. The monoisotopic (exact) mass is 373 g/mol. The maximum atomic E-state index is 13.6. The molecule has 144 valence electrons. The molecule has 0 N–H and O–H groups in total. The van der Waals surface area contributed by atoms with Gasteiger partial charge in [0.15, 0.2) is 0 Å². The molecule has 0 radical (unpaired) electrons. The summed E-state index contributed by atoms with van der Waals surface area (Å²) in [5, 5.41) is 1.15. The number of amides is 1. The third kappa shape index (κ3) is 3.03. The van der Waals surface area contributed by atoms with Crippen molar-refractivity contribution in [2.45, 2.75) is 39.8 Å². The smallest absolute Gasteiger partial charge is 0.253 e. The molecule has 3 aromatic rings. The second kappa shape index (κ2) is 7.27. The van der Waals surface area contributed by atoms with E-state index < -0.39 is 0 Å². The van der Waals surface area contributed by atoms with Crippen LogP contribution in [-0.2, 0) is 18.4 Å². The predicted octanol–water partition coefficient (Wildman–Crippen LogP) is 4.87. The molecule has 2 unspecified atom stereocenters. The number of carbonyl (C=O) groups excluding carboxylic acids is 1. The van der Waals surface area contributed by atoms with Gasteiger partial charge in [0.1, 0.15) is 11.9 Å². The molecule has 2 aromatic carbocycles. The Bertz CT molecular complexity index is 1050. The Hall–Kier alpha value is -2.88. The molecule has 4 rings (SSSR count). The summed E-state index contributed by atoms with van der Waals surface area (Å²) in [5.74, 6) is 1.21. The van der Waals surface area contributed by atoms with Gasteiger partial charge in [-0.1, -0.05) is 62.2 Å². The molecule has 2 heterocycles. The third-order valence-corrected chi connectivity index (χ3v) is 5.87. The standard InChI is InChI=1S/C24H27N3O/c1-5-17(3)22-24(28)27(15-18-9-7-6-8-10-18)23-20(14-25-22)19-13-16(2)11-12-21(19)26(23)4/h6-14,17,22H,5,15H2,1-4H3. The Balaban J connectivity index is 1.92. The van der Waals surface area contributed by atoms with Gasteiger partial charge >= 0.3 is 0 Å². The van der Waals surface area contributed by atoms with Crippen LogP contribution in [0.15, 0.2) is 53.5 Å². The van der Waals surface area contributed by atoms with Crippen molar-refractivity contribution in [1.82, 2.24) is 4.57 Å². The van der Waals surface area contributed by atoms with Crippen molar-refractivity contribution in [2.24, 2.45) is 18.0 Å². The SMILES string of the molecule is CCC(C)C1N=Cc2c(n(C)c3ccc(C)cc23)N(Cc2ccccc2)C1=O. The van der Waals surface area contributed by atoms with E-state index in [1.165, 1.54) is 5.56 Å². The Labute approximate surface area is 166 Å². The number of rotatable bonds is 4. The van der Waals surface area contributed by atoms with Crippen LogP contribution in [-0.4, -0.2) is 22.7 Å². The minimum atomic E-state index is -0.346. The zero-order chi connectivity index (χ0) is 19.8. The van der Waals surface area contributed by atoms with Crippen LogP contribution < -0.4 is 4.90 Å². The highest BCUT2D eigenvalue weighted by Crippen LogP contribution is 2.35. The van der Waals surface area contributed by atoms with Crippen molar-refractivity contribution in [3.8, 4) is 0 Å². The number of carbonyl (C=O) groups is 1. The van der Waals surface area contributed by atoms with Crippen molar-refractivity contribution in [2.75, 3.05) is 4.90 Å². The lowest BCUT2D eigenvalue weighted by Gasteiger charge is -2.27. The quantitative estimate of drug-likeness (QED) is 0.643. The normalized spacial score (nSPS) is 17.6. The summed E-state index contributed by atoms with van der Waals surface area (Å²) < 4.78 is 2.13. The Kier molecular flexibility index (Phi) is 4.80. The summed E-state index contributed by atoms with van der Waals surface area (Å²) in [6.07, 6.45) is 2.85. The lowest BCUT2D eigenvalue weighted by molar-refractivity contribution is -0.120. The van der Waals surface area contributed by atoms with Crippen molar-refractivity contribution in [1.29, 1.82) is 0 Å². The molecule has 0 fully saturated rings. The van der Waals surface area contributed by atoms with Crippen LogP contribution in [0.3, 0.4) is 0 Å². The average molecular weight is 374 g/mol. The first-order valence-electron chi connectivity index (χ1n) is 9.98. The molecule has 1 aliphatic heterocycles. The van der Waals surface area contributed by atoms with E-state index in [2.05, 4.69) is 55.7 Å². The highest BCUT2D eigenvalue weighted by Gasteiger charge is 2.34. The molecule has 4 nitrogen and oxygen atoms in total. The Morgan fingerprint density at radius 3 is 2.61 bits per heavy atom. The van der Waals surface area contributed by atoms with Crippen molar-refractivity contribution < 1.29 is 4.79 Å². The number of nitrogens with zero attached hydrogens (tertiary/aromatic N) is 3. The maximum absolute atomic E-state index is 13.6. The van der Waals surface area contributed by atoms with E-state index in [0.29, 0.717) is 6.54 Å². The summed E-state index contributed by atoms with van der Waals surface area (Å²) in [7, 11) is 2.04. The van der Waals surface area contributed by atoms with E-state index in [-0.39, 0.29) is 17.9 Å². The fourth-order valence-electron chi connectivity index (χ4n) is 4.04. The van der Waals surface area contributed by atoms with E-state index in [1.807, 2.05) is 36.4 Å². The molecule has 2 atom stereocenters. The summed E-state index contributed by atoms with van der Waals surface area (Å²) >= 11 is 0. The lowest BCUT2D eigenvalue weighted by Crippen LogP contribution is -2.41. The first-order valence-corrected chi connectivity index (χ1v) is 9.98. The van der Waals surface area contributed by atoms with Crippen LogP contribution in [0.2, 0.25) is 0 Å². The second-order valence-electron chi connectivity index (χ2n) is 7.84. The van der Waals surface area contributed by atoms with Gasteiger partial charge in [0.05, 0.1) is 12.1 Å². The molecule has 1 aromatic heterocycles. The fraction of sp³-hybridized carbons (Fsp3) is 0.333. The highest BCUT2D eigenvalue weighted by atomic mass is 16.2. The minimum absolute atomic E-state index is 0.0795. The van der Waals surface area contributed by atoms with Gasteiger partial charge in [0.2, 0.25) is 0 Å². The van der Waals surface area contributed by atoms with E-state index >= 15 is 0 Å². The van der Waals surface area contributed by atoms with E-state index in [0.717, 1.165) is 34.3 Å². The number of aromatic nitrogens is 1. The van der Waals surface area contributed by atoms with Gasteiger partial charge in [0, 0.05) is 24.2 Å². The molecule has 0 saturated heterocycles. The van der Waals surface area contributed by atoms with Gasteiger partial charge in [-0.3, -0.25) is 14.7 Å². The van der Waals surface area contributed by atoms with Gasteiger partial charge in [-0.15, -0.1) is 0 Å². The number of aliphatic imine (C=N–C) groups is 1. The summed E-state index contributed by atoms with van der Waals surface area (Å²) in [4.78, 5) is 20.3. The molecule has 1 amide bonds. The summed E-state index contributed by atoms with van der Waals surface area (Å²) in [6.45, 7) is 6.87. The van der Waals surface area contributed by atoms with Crippen LogP contribution in [0.5, 0.6) is 0 Å². The second-order valence-corrected chi connectivity index (χ2v) is 7.84. The fourth-order valence-corrected chi connectivity index (χ4v) is 4.04. The van der Waals surface area contributed by atoms with Crippen molar-refractivity contribution in [3.05, 3.63) is 65.2 Å². The molecule has 1 aliphatic rings. The van der Waals surface area contributed by atoms with E-state index in [1.54, 1.807) is 0 Å². The first-order chi connectivity index (χ1) is 13.5. The van der Waals surface area contributed by atoms with Gasteiger partial charge in [0.25, 0.3) is 5.91 Å². The van der Waals surface area contributed by atoms with Crippen LogP contribution in [0.4, 0.5) is 5.82 Å². The Morgan fingerprint density at radius 2 is 1.89 bits per heavy atom. The van der Waals surface area contributed by atoms with E-state index in [4.69, 9.17) is 4.99 Å². The molecule has 4 heteroatoms. The first kappa shape index (κ1) is 18.5. The summed E-state index contributed by atoms with van der Waals surface area (Å²) in [5.41, 5.74) is 4.48. The number of hydrogen-bond donors (Lipinski definition) is 0. The van der Waals surface area contributed by atoms with Crippen LogP contribution >= 0.6 is 0 Å². The number of benzene rings is 2. The lowest BCUT2D eigenvalue weighted by atomic mass is 9.98. The molecule has 0 bridgehead atoms. The molecular formula is C24H27N3O. The number of aryl methyl sites for hydroxylation is 2. The molecule has 0 saturated carbocycles.